The summed E-state index contributed by atoms with van der Waals surface area (Å²) in [6.45, 7) is 10.0. The van der Waals surface area contributed by atoms with Crippen molar-refractivity contribution in [3.05, 3.63) is 0 Å². The van der Waals surface area contributed by atoms with Gasteiger partial charge in [-0.3, -0.25) is 0 Å². The summed E-state index contributed by atoms with van der Waals surface area (Å²) in [5.74, 6) is 0.115. The van der Waals surface area contributed by atoms with E-state index in [1.54, 1.807) is 4.90 Å². The van der Waals surface area contributed by atoms with E-state index in [2.05, 4.69) is 0 Å². The van der Waals surface area contributed by atoms with Crippen molar-refractivity contribution >= 4 is 6.09 Å². The highest BCUT2D eigenvalue weighted by Gasteiger charge is 2.34. The summed E-state index contributed by atoms with van der Waals surface area (Å²) in [4.78, 5) is 13.6. The Labute approximate surface area is 97.6 Å². The normalized spacial score (nSPS) is 31.4. The number of rotatable bonds is 0. The number of hydrogen-bond donors (Lipinski definition) is 1. The Morgan fingerprint density at radius 2 is 1.94 bits per heavy atom. The summed E-state index contributed by atoms with van der Waals surface area (Å²) in [5.41, 5.74) is -0.462. The summed E-state index contributed by atoms with van der Waals surface area (Å²) in [7, 11) is 0. The number of aliphatic hydroxyl groups is 1. The van der Waals surface area contributed by atoms with Gasteiger partial charge in [0.1, 0.15) is 5.60 Å². The van der Waals surface area contributed by atoms with Gasteiger partial charge in [-0.2, -0.15) is 0 Å². The Hall–Kier alpha value is -0.770. The van der Waals surface area contributed by atoms with E-state index in [1.165, 1.54) is 0 Å². The minimum absolute atomic E-state index is 0.0426. The van der Waals surface area contributed by atoms with Gasteiger partial charge in [0.15, 0.2) is 0 Å². The molecule has 0 aromatic rings. The molecule has 1 amide bonds. The van der Waals surface area contributed by atoms with Gasteiger partial charge in [0.25, 0.3) is 0 Å². The Morgan fingerprint density at radius 3 is 2.44 bits per heavy atom. The molecular weight excluding hydrogens is 206 g/mol. The number of amides is 1. The average Bonchev–Trinajstić information content (AvgIpc) is 2.08. The van der Waals surface area contributed by atoms with Crippen molar-refractivity contribution in [1.29, 1.82) is 0 Å². The maximum absolute atomic E-state index is 11.9. The highest BCUT2D eigenvalue weighted by atomic mass is 16.6. The van der Waals surface area contributed by atoms with Crippen molar-refractivity contribution in [2.75, 3.05) is 6.54 Å². The molecule has 4 nitrogen and oxygen atoms in total. The van der Waals surface area contributed by atoms with Gasteiger partial charge in [-0.15, -0.1) is 0 Å². The molecule has 0 spiro atoms. The zero-order valence-corrected chi connectivity index (χ0v) is 10.9. The quantitative estimate of drug-likeness (QED) is 0.691. The molecular formula is C12H23NO3. The minimum Gasteiger partial charge on any atom is -0.444 e. The molecule has 1 rings (SSSR count). The zero-order chi connectivity index (χ0) is 12.5. The summed E-state index contributed by atoms with van der Waals surface area (Å²) >= 11 is 0. The van der Waals surface area contributed by atoms with E-state index >= 15 is 0 Å². The predicted molar refractivity (Wildman–Crippen MR) is 62.2 cm³/mol. The van der Waals surface area contributed by atoms with E-state index in [-0.39, 0.29) is 24.2 Å². The maximum atomic E-state index is 11.9. The highest BCUT2D eigenvalue weighted by Crippen LogP contribution is 2.23. The zero-order valence-electron chi connectivity index (χ0n) is 10.9. The van der Waals surface area contributed by atoms with Crippen LogP contribution >= 0.6 is 0 Å². The summed E-state index contributed by atoms with van der Waals surface area (Å²) < 4.78 is 5.34. The lowest BCUT2D eigenvalue weighted by atomic mass is 9.92. The molecule has 1 fully saturated rings. The first-order chi connectivity index (χ1) is 7.20. The van der Waals surface area contributed by atoms with Crippen LogP contribution < -0.4 is 0 Å². The molecule has 0 bridgehead atoms. The van der Waals surface area contributed by atoms with Crippen LogP contribution in [0.1, 0.15) is 41.0 Å². The smallest absolute Gasteiger partial charge is 0.410 e. The van der Waals surface area contributed by atoms with Crippen LogP contribution in [-0.2, 0) is 4.74 Å². The van der Waals surface area contributed by atoms with E-state index in [0.717, 1.165) is 0 Å². The van der Waals surface area contributed by atoms with E-state index in [9.17, 15) is 9.90 Å². The molecule has 0 unspecified atom stereocenters. The lowest BCUT2D eigenvalue weighted by Crippen LogP contribution is -2.51. The number of ether oxygens (including phenoxy) is 1. The molecule has 0 aromatic carbocycles. The molecule has 0 aromatic heterocycles. The van der Waals surface area contributed by atoms with Crippen molar-refractivity contribution in [3.8, 4) is 0 Å². The van der Waals surface area contributed by atoms with Gasteiger partial charge in [-0.25, -0.2) is 4.79 Å². The van der Waals surface area contributed by atoms with Crippen molar-refractivity contribution in [1.82, 2.24) is 4.90 Å². The fraction of sp³-hybridized carbons (Fsp3) is 0.917. The molecule has 1 aliphatic heterocycles. The number of hydrogen-bond acceptors (Lipinski definition) is 3. The maximum Gasteiger partial charge on any atom is 0.410 e. The standard InChI is InChI=1S/C12H23NO3/c1-8-7-13(9(2)6-10(8)14)11(15)16-12(3,4)5/h8-10,14H,6-7H2,1-5H3/t8-,9+,10+/m1/s1. The molecule has 0 radical (unpaired) electrons. The monoisotopic (exact) mass is 229 g/mol. The first-order valence-corrected chi connectivity index (χ1v) is 5.88. The van der Waals surface area contributed by atoms with E-state index < -0.39 is 5.60 Å². The first kappa shape index (κ1) is 13.3. The summed E-state index contributed by atoms with van der Waals surface area (Å²) in [6.07, 6.45) is 0.0351. The van der Waals surface area contributed by atoms with E-state index in [1.807, 2.05) is 34.6 Å². The van der Waals surface area contributed by atoms with Crippen LogP contribution in [0, 0.1) is 5.92 Å². The van der Waals surface area contributed by atoms with Gasteiger partial charge in [-0.05, 0) is 40.0 Å². The summed E-state index contributed by atoms with van der Waals surface area (Å²) in [6, 6.07) is 0.0426. The van der Waals surface area contributed by atoms with Gasteiger partial charge in [0.05, 0.1) is 6.10 Å². The summed E-state index contributed by atoms with van der Waals surface area (Å²) in [5, 5.41) is 9.70. The van der Waals surface area contributed by atoms with Crippen molar-refractivity contribution in [3.63, 3.8) is 0 Å². The SMILES string of the molecule is C[C@@H]1CN(C(=O)OC(C)(C)C)[C@@H](C)C[C@@H]1O. The molecule has 1 N–H and O–H groups in total. The second-order valence-corrected chi connectivity index (χ2v) is 5.76. The van der Waals surface area contributed by atoms with Gasteiger partial charge < -0.3 is 14.7 Å². The Kier molecular flexibility index (Phi) is 3.84. The molecule has 94 valence electrons. The largest absolute Gasteiger partial charge is 0.444 e. The number of likely N-dealkylation sites (tertiary alicyclic amines) is 1. The van der Waals surface area contributed by atoms with Gasteiger partial charge in [0.2, 0.25) is 0 Å². The molecule has 0 aliphatic carbocycles. The van der Waals surface area contributed by atoms with Crippen LogP contribution in [0.2, 0.25) is 0 Å². The number of carbonyl (C=O) groups is 1. The topological polar surface area (TPSA) is 49.8 Å². The van der Waals surface area contributed by atoms with Crippen LogP contribution in [0.15, 0.2) is 0 Å². The van der Waals surface area contributed by atoms with Crippen LogP contribution in [0.25, 0.3) is 0 Å². The molecule has 1 heterocycles. The van der Waals surface area contributed by atoms with Gasteiger partial charge in [0, 0.05) is 12.6 Å². The Balaban J connectivity index is 2.62. The second kappa shape index (κ2) is 4.62. The number of aliphatic hydroxyl groups excluding tert-OH is 1. The molecule has 0 saturated carbocycles. The third-order valence-corrected chi connectivity index (χ3v) is 2.88. The predicted octanol–water partition coefficient (Wildman–Crippen LogP) is 2.01. The number of carbonyl (C=O) groups excluding carboxylic acids is 1. The third-order valence-electron chi connectivity index (χ3n) is 2.88. The highest BCUT2D eigenvalue weighted by molar-refractivity contribution is 5.68. The average molecular weight is 229 g/mol. The van der Waals surface area contributed by atoms with Crippen LogP contribution in [0.4, 0.5) is 4.79 Å². The van der Waals surface area contributed by atoms with Crippen LogP contribution in [-0.4, -0.2) is 40.4 Å². The lowest BCUT2D eigenvalue weighted by molar-refractivity contribution is -0.0226. The second-order valence-electron chi connectivity index (χ2n) is 5.76. The fourth-order valence-electron chi connectivity index (χ4n) is 1.90. The van der Waals surface area contributed by atoms with Crippen molar-refractivity contribution < 1.29 is 14.6 Å². The lowest BCUT2D eigenvalue weighted by Gasteiger charge is -2.40. The van der Waals surface area contributed by atoms with Crippen LogP contribution in [0.3, 0.4) is 0 Å². The Bertz CT molecular complexity index is 259. The first-order valence-electron chi connectivity index (χ1n) is 5.88. The van der Waals surface area contributed by atoms with Crippen LogP contribution in [0.5, 0.6) is 0 Å². The van der Waals surface area contributed by atoms with Gasteiger partial charge in [-0.1, -0.05) is 6.92 Å². The molecule has 16 heavy (non-hydrogen) atoms. The molecule has 1 aliphatic rings. The molecule has 3 atom stereocenters. The fourth-order valence-corrected chi connectivity index (χ4v) is 1.90. The Morgan fingerprint density at radius 1 is 1.38 bits per heavy atom. The van der Waals surface area contributed by atoms with Crippen molar-refractivity contribution in [2.45, 2.75) is 58.8 Å². The molecule has 4 heteroatoms. The number of nitrogens with zero attached hydrogens (tertiary/aromatic N) is 1. The third kappa shape index (κ3) is 3.37. The van der Waals surface area contributed by atoms with E-state index in [4.69, 9.17) is 4.74 Å². The van der Waals surface area contributed by atoms with Crippen molar-refractivity contribution in [2.24, 2.45) is 5.92 Å². The molecule has 1 saturated heterocycles. The minimum atomic E-state index is -0.462. The van der Waals surface area contributed by atoms with Gasteiger partial charge >= 0.3 is 6.09 Å². The number of piperidine rings is 1. The van der Waals surface area contributed by atoms with E-state index in [0.29, 0.717) is 13.0 Å².